The van der Waals surface area contributed by atoms with Crippen molar-refractivity contribution in [3.05, 3.63) is 53.6 Å². The number of benzene rings is 1. The molecule has 1 aliphatic carbocycles. The number of halogens is 2. The summed E-state index contributed by atoms with van der Waals surface area (Å²) in [6, 6.07) is 6.32. The van der Waals surface area contributed by atoms with Crippen LogP contribution in [0, 0.1) is 18.6 Å². The molecule has 3 heterocycles. The van der Waals surface area contributed by atoms with Crippen LogP contribution in [-0.4, -0.2) is 36.4 Å². The van der Waals surface area contributed by atoms with Crippen LogP contribution in [-0.2, 0) is 4.74 Å². The molecule has 0 atom stereocenters. The Bertz CT molecular complexity index is 1440. The third-order valence-electron chi connectivity index (χ3n) is 5.34. The van der Waals surface area contributed by atoms with Crippen LogP contribution in [0.15, 0.2) is 30.6 Å². The Balaban J connectivity index is 1.45. The molecule has 1 aromatic carbocycles. The van der Waals surface area contributed by atoms with Gasteiger partial charge in [0.25, 0.3) is 5.88 Å². The minimum atomic E-state index is -0.956. The first-order chi connectivity index (χ1) is 16.6. The predicted octanol–water partition coefficient (Wildman–Crippen LogP) is 5.94. The largest absolute Gasteiger partial charge is 0.442 e. The molecule has 3 aromatic heterocycles. The Hall–Kier alpha value is -4.02. The van der Waals surface area contributed by atoms with Crippen molar-refractivity contribution in [1.82, 2.24) is 24.7 Å². The molecule has 11 heteroatoms. The topological polar surface area (TPSA) is 107 Å². The number of hydrogen-bond donors (Lipinski definition) is 2. The molecule has 0 radical (unpaired) electrons. The van der Waals surface area contributed by atoms with Crippen molar-refractivity contribution in [1.29, 1.82) is 0 Å². The van der Waals surface area contributed by atoms with E-state index in [1.807, 2.05) is 0 Å². The lowest BCUT2D eigenvalue weighted by molar-refractivity contribution is 0.0518. The fraction of sp³-hybridized carbons (Fsp3) is 0.333. The summed E-state index contributed by atoms with van der Waals surface area (Å²) in [6.45, 7) is 7.02. The van der Waals surface area contributed by atoms with Gasteiger partial charge in [0.1, 0.15) is 17.7 Å². The number of H-pyrrole nitrogens is 1. The molecule has 182 valence electrons. The van der Waals surface area contributed by atoms with Crippen LogP contribution in [0.3, 0.4) is 0 Å². The minimum absolute atomic E-state index is 0.181. The summed E-state index contributed by atoms with van der Waals surface area (Å²) in [6.07, 6.45) is 2.28. The van der Waals surface area contributed by atoms with Crippen LogP contribution in [0.2, 0.25) is 0 Å². The van der Waals surface area contributed by atoms with E-state index in [0.717, 1.165) is 29.5 Å². The fourth-order valence-corrected chi connectivity index (χ4v) is 3.62. The molecule has 0 aliphatic heterocycles. The van der Waals surface area contributed by atoms with E-state index in [4.69, 9.17) is 9.47 Å². The molecule has 1 saturated carbocycles. The van der Waals surface area contributed by atoms with E-state index in [1.54, 1.807) is 45.9 Å². The van der Waals surface area contributed by atoms with E-state index in [2.05, 4.69) is 25.4 Å². The lowest BCUT2D eigenvalue weighted by Gasteiger charge is -2.19. The van der Waals surface area contributed by atoms with Gasteiger partial charge in [-0.1, -0.05) is 0 Å². The highest BCUT2D eigenvalue weighted by Crippen LogP contribution is 2.40. The molecule has 2 N–H and O–H groups in total. The van der Waals surface area contributed by atoms with Gasteiger partial charge in [0.15, 0.2) is 17.4 Å². The van der Waals surface area contributed by atoms with E-state index < -0.39 is 29.2 Å². The Morgan fingerprint density at radius 1 is 1.17 bits per heavy atom. The highest BCUT2D eigenvalue weighted by Gasteiger charge is 2.30. The number of ether oxygens (including phenoxy) is 2. The van der Waals surface area contributed by atoms with Crippen LogP contribution in [0.4, 0.5) is 25.2 Å². The second-order valence-electron chi connectivity index (χ2n) is 9.48. The highest BCUT2D eigenvalue weighted by molar-refractivity contribution is 5.83. The van der Waals surface area contributed by atoms with Crippen LogP contribution >= 0.6 is 0 Å². The van der Waals surface area contributed by atoms with Gasteiger partial charge in [-0.15, -0.1) is 4.68 Å². The summed E-state index contributed by atoms with van der Waals surface area (Å²) < 4.78 is 42.1. The monoisotopic (exact) mass is 482 g/mol. The zero-order valence-corrected chi connectivity index (χ0v) is 19.6. The van der Waals surface area contributed by atoms with Gasteiger partial charge in [-0.3, -0.25) is 0 Å². The maximum Gasteiger partial charge on any atom is 0.437 e. The minimum Gasteiger partial charge on any atom is -0.442 e. The molecule has 0 saturated heterocycles. The molecule has 0 spiro atoms. The molecule has 9 nitrogen and oxygen atoms in total. The summed E-state index contributed by atoms with van der Waals surface area (Å²) in [5.74, 6) is -2.10. The SMILES string of the molecule is Cc1cc2c(F)c(Oc3ncnc(Nc4cc(C5CC5)nn4C(=O)OC(C)(C)C)c3F)ccc2[nH]1. The zero-order valence-electron chi connectivity index (χ0n) is 19.6. The molecule has 0 unspecified atom stereocenters. The molecule has 0 bridgehead atoms. The average Bonchev–Trinajstić information content (AvgIpc) is 3.42. The van der Waals surface area contributed by atoms with Gasteiger partial charge in [0.05, 0.1) is 5.69 Å². The van der Waals surface area contributed by atoms with E-state index >= 15 is 4.39 Å². The molecule has 35 heavy (non-hydrogen) atoms. The first-order valence-electron chi connectivity index (χ1n) is 11.2. The van der Waals surface area contributed by atoms with Gasteiger partial charge in [-0.25, -0.2) is 14.2 Å². The summed E-state index contributed by atoms with van der Waals surface area (Å²) in [7, 11) is 0. The van der Waals surface area contributed by atoms with E-state index in [-0.39, 0.29) is 23.3 Å². The number of aromatic amines is 1. The third kappa shape index (κ3) is 4.66. The maximum absolute atomic E-state index is 15.3. The first kappa shape index (κ1) is 22.8. The number of aryl methyl sites for hydroxylation is 1. The molecular weight excluding hydrogens is 458 g/mol. The Morgan fingerprint density at radius 3 is 2.66 bits per heavy atom. The standard InChI is InChI=1S/C24H24F2N6O3/c1-12-9-14-15(29-12)7-8-17(19(14)25)34-22-20(26)21(27-11-28-22)30-18-10-16(13-5-6-13)31-32(18)23(33)35-24(2,3)4/h7-11,13,29H,5-6H2,1-4H3,(H,27,28,30). The molecule has 5 rings (SSSR count). The van der Waals surface area contributed by atoms with E-state index in [0.29, 0.717) is 16.6 Å². The fourth-order valence-electron chi connectivity index (χ4n) is 3.62. The highest BCUT2D eigenvalue weighted by atomic mass is 19.1. The van der Waals surface area contributed by atoms with Crippen molar-refractivity contribution in [3.63, 3.8) is 0 Å². The first-order valence-corrected chi connectivity index (χ1v) is 11.2. The molecule has 1 aliphatic rings. The van der Waals surface area contributed by atoms with Crippen LogP contribution in [0.5, 0.6) is 11.6 Å². The number of carbonyl (C=O) groups is 1. The van der Waals surface area contributed by atoms with Crippen molar-refractivity contribution in [3.8, 4) is 11.6 Å². The number of fused-ring (bicyclic) bond motifs is 1. The molecule has 0 amide bonds. The Labute approximate surface area is 199 Å². The molecular formula is C24H24F2N6O3. The predicted molar refractivity (Wildman–Crippen MR) is 124 cm³/mol. The van der Waals surface area contributed by atoms with Gasteiger partial charge >= 0.3 is 6.09 Å². The smallest absolute Gasteiger partial charge is 0.437 e. The van der Waals surface area contributed by atoms with E-state index in [9.17, 15) is 9.18 Å². The lowest BCUT2D eigenvalue weighted by atomic mass is 10.2. The van der Waals surface area contributed by atoms with E-state index in [1.165, 1.54) is 6.07 Å². The number of nitrogens with one attached hydrogen (secondary N) is 2. The molecule has 4 aromatic rings. The van der Waals surface area contributed by atoms with Crippen LogP contribution in [0.25, 0.3) is 10.9 Å². The second kappa shape index (κ2) is 8.33. The second-order valence-corrected chi connectivity index (χ2v) is 9.48. The van der Waals surface area contributed by atoms with Gasteiger partial charge in [-0.05, 0) is 58.7 Å². The van der Waals surface area contributed by atoms with Crippen LogP contribution < -0.4 is 10.1 Å². The van der Waals surface area contributed by atoms with Gasteiger partial charge in [0, 0.05) is 28.6 Å². The zero-order chi connectivity index (χ0) is 24.9. The summed E-state index contributed by atoms with van der Waals surface area (Å²) in [4.78, 5) is 23.5. The lowest BCUT2D eigenvalue weighted by Crippen LogP contribution is -2.28. The number of nitrogens with zero attached hydrogens (tertiary/aromatic N) is 4. The summed E-state index contributed by atoms with van der Waals surface area (Å²) in [5.41, 5.74) is 1.33. The van der Waals surface area contributed by atoms with Gasteiger partial charge in [0.2, 0.25) is 5.82 Å². The van der Waals surface area contributed by atoms with Gasteiger partial charge < -0.3 is 19.8 Å². The van der Waals surface area contributed by atoms with Crippen molar-refractivity contribution in [2.45, 2.75) is 52.1 Å². The Morgan fingerprint density at radius 2 is 1.94 bits per heavy atom. The number of hydrogen-bond acceptors (Lipinski definition) is 7. The van der Waals surface area contributed by atoms with Crippen molar-refractivity contribution in [2.24, 2.45) is 0 Å². The van der Waals surface area contributed by atoms with Crippen molar-refractivity contribution < 1.29 is 23.0 Å². The van der Waals surface area contributed by atoms with Crippen molar-refractivity contribution >= 4 is 28.6 Å². The quantitative estimate of drug-likeness (QED) is 0.363. The average molecular weight is 482 g/mol. The van der Waals surface area contributed by atoms with Crippen molar-refractivity contribution in [2.75, 3.05) is 5.32 Å². The number of anilines is 2. The van der Waals surface area contributed by atoms with Gasteiger partial charge in [-0.2, -0.15) is 14.5 Å². The third-order valence-corrected chi connectivity index (χ3v) is 5.34. The number of rotatable bonds is 5. The normalized spacial score (nSPS) is 13.8. The number of aromatic nitrogens is 5. The maximum atomic E-state index is 15.3. The summed E-state index contributed by atoms with van der Waals surface area (Å²) in [5, 5.41) is 7.44. The van der Waals surface area contributed by atoms with Crippen LogP contribution in [0.1, 0.15) is 50.9 Å². The Kier molecular flexibility index (Phi) is 5.42. The number of carbonyl (C=O) groups excluding carboxylic acids is 1. The summed E-state index contributed by atoms with van der Waals surface area (Å²) >= 11 is 0. The molecule has 1 fully saturated rings.